The van der Waals surface area contributed by atoms with E-state index in [9.17, 15) is 4.79 Å². The predicted molar refractivity (Wildman–Crippen MR) is 96.3 cm³/mol. The van der Waals surface area contributed by atoms with Crippen molar-refractivity contribution in [3.63, 3.8) is 0 Å². The molecule has 0 saturated heterocycles. The van der Waals surface area contributed by atoms with Crippen LogP contribution in [0.3, 0.4) is 0 Å². The summed E-state index contributed by atoms with van der Waals surface area (Å²) in [5.74, 6) is 0.611. The van der Waals surface area contributed by atoms with E-state index in [-0.39, 0.29) is 6.03 Å². The molecule has 0 bridgehead atoms. The highest BCUT2D eigenvalue weighted by Crippen LogP contribution is 2.32. The van der Waals surface area contributed by atoms with E-state index >= 15 is 0 Å². The summed E-state index contributed by atoms with van der Waals surface area (Å²) in [5, 5.41) is 5.67. The second kappa shape index (κ2) is 7.56. The number of aryl methyl sites for hydroxylation is 1. The summed E-state index contributed by atoms with van der Waals surface area (Å²) < 4.78 is 6.22. The van der Waals surface area contributed by atoms with Crippen molar-refractivity contribution in [3.05, 3.63) is 46.4 Å². The fourth-order valence-electron chi connectivity index (χ4n) is 2.01. The average molecular weight is 381 g/mol. The fourth-order valence-corrected chi connectivity index (χ4v) is 3.02. The Hall–Kier alpha value is -1.66. The monoisotopic (exact) mass is 380 g/mol. The van der Waals surface area contributed by atoms with E-state index in [4.69, 9.17) is 4.74 Å². The molecule has 0 aliphatic carbocycles. The Balaban J connectivity index is 2.15. The molecule has 0 spiro atoms. The standard InChI is InChI=1S/C16H17BrN2O2S/c1-10-7-11(17)8-14(21-2)15(10)19-16(20)18-12-5-4-6-13(9-12)22-3/h4-9H,1-3H3,(H2,18,19,20). The third-order valence-corrected chi connectivity index (χ3v) is 4.23. The Morgan fingerprint density at radius 2 is 2.00 bits per heavy atom. The maximum atomic E-state index is 12.2. The van der Waals surface area contributed by atoms with Crippen LogP contribution in [0.2, 0.25) is 0 Å². The minimum Gasteiger partial charge on any atom is -0.495 e. The van der Waals surface area contributed by atoms with Crippen molar-refractivity contribution < 1.29 is 9.53 Å². The van der Waals surface area contributed by atoms with Crippen molar-refractivity contribution in [2.75, 3.05) is 24.0 Å². The SMILES string of the molecule is COc1cc(Br)cc(C)c1NC(=O)Nc1cccc(SC)c1. The number of benzene rings is 2. The number of rotatable bonds is 4. The van der Waals surface area contributed by atoms with Crippen molar-refractivity contribution in [1.82, 2.24) is 0 Å². The number of nitrogens with one attached hydrogen (secondary N) is 2. The van der Waals surface area contributed by atoms with E-state index in [0.29, 0.717) is 11.4 Å². The van der Waals surface area contributed by atoms with Crippen LogP contribution in [0.4, 0.5) is 16.2 Å². The van der Waals surface area contributed by atoms with Gasteiger partial charge in [-0.1, -0.05) is 22.0 Å². The summed E-state index contributed by atoms with van der Waals surface area (Å²) in [6, 6.07) is 11.1. The van der Waals surface area contributed by atoms with Crippen LogP contribution in [-0.2, 0) is 0 Å². The Morgan fingerprint density at radius 1 is 1.23 bits per heavy atom. The number of ether oxygens (including phenoxy) is 1. The van der Waals surface area contributed by atoms with Crippen LogP contribution in [0.1, 0.15) is 5.56 Å². The first-order chi connectivity index (χ1) is 10.5. The van der Waals surface area contributed by atoms with Gasteiger partial charge in [0.1, 0.15) is 5.75 Å². The lowest BCUT2D eigenvalue weighted by Crippen LogP contribution is -2.20. The highest BCUT2D eigenvalue weighted by Gasteiger charge is 2.12. The van der Waals surface area contributed by atoms with E-state index in [1.807, 2.05) is 49.6 Å². The molecule has 2 aromatic carbocycles. The van der Waals surface area contributed by atoms with Crippen LogP contribution >= 0.6 is 27.7 Å². The number of thioether (sulfide) groups is 1. The lowest BCUT2D eigenvalue weighted by molar-refractivity contribution is 0.262. The largest absolute Gasteiger partial charge is 0.495 e. The number of amides is 2. The molecule has 22 heavy (non-hydrogen) atoms. The molecule has 0 saturated carbocycles. The van der Waals surface area contributed by atoms with Crippen molar-refractivity contribution in [3.8, 4) is 5.75 Å². The second-order valence-electron chi connectivity index (χ2n) is 4.61. The zero-order chi connectivity index (χ0) is 16.1. The van der Waals surface area contributed by atoms with Gasteiger partial charge in [0.25, 0.3) is 0 Å². The van der Waals surface area contributed by atoms with Gasteiger partial charge in [-0.25, -0.2) is 4.79 Å². The normalized spacial score (nSPS) is 10.2. The molecule has 0 aliphatic heterocycles. The number of carbonyl (C=O) groups is 1. The first kappa shape index (κ1) is 16.7. The van der Waals surface area contributed by atoms with Gasteiger partial charge in [0.2, 0.25) is 0 Å². The van der Waals surface area contributed by atoms with Crippen molar-refractivity contribution in [2.45, 2.75) is 11.8 Å². The van der Waals surface area contributed by atoms with Crippen molar-refractivity contribution >= 4 is 45.1 Å². The number of hydrogen-bond acceptors (Lipinski definition) is 3. The summed E-state index contributed by atoms with van der Waals surface area (Å²) in [7, 11) is 1.58. The van der Waals surface area contributed by atoms with Gasteiger partial charge in [-0.15, -0.1) is 11.8 Å². The van der Waals surface area contributed by atoms with Gasteiger partial charge in [-0.2, -0.15) is 0 Å². The van der Waals surface area contributed by atoms with Gasteiger partial charge in [-0.3, -0.25) is 0 Å². The number of methoxy groups -OCH3 is 1. The quantitative estimate of drug-likeness (QED) is 0.722. The molecular formula is C16H17BrN2O2S. The number of carbonyl (C=O) groups excluding carboxylic acids is 1. The first-order valence-electron chi connectivity index (χ1n) is 6.59. The number of urea groups is 1. The molecule has 116 valence electrons. The molecule has 2 N–H and O–H groups in total. The molecular weight excluding hydrogens is 364 g/mol. The first-order valence-corrected chi connectivity index (χ1v) is 8.61. The Morgan fingerprint density at radius 3 is 2.68 bits per heavy atom. The van der Waals surface area contributed by atoms with E-state index in [1.165, 1.54) is 0 Å². The summed E-state index contributed by atoms with van der Waals surface area (Å²) in [6.45, 7) is 1.91. The van der Waals surface area contributed by atoms with Crippen LogP contribution in [0, 0.1) is 6.92 Å². The van der Waals surface area contributed by atoms with Gasteiger partial charge < -0.3 is 15.4 Å². The van der Waals surface area contributed by atoms with Crippen LogP contribution < -0.4 is 15.4 Å². The molecule has 4 nitrogen and oxygen atoms in total. The van der Waals surface area contributed by atoms with E-state index in [1.54, 1.807) is 18.9 Å². The topological polar surface area (TPSA) is 50.4 Å². The van der Waals surface area contributed by atoms with E-state index in [2.05, 4.69) is 26.6 Å². The average Bonchev–Trinajstić information content (AvgIpc) is 2.49. The van der Waals surface area contributed by atoms with E-state index < -0.39 is 0 Å². The molecule has 0 heterocycles. The third kappa shape index (κ3) is 4.18. The molecule has 0 radical (unpaired) electrons. The Bertz CT molecular complexity index is 692. The lowest BCUT2D eigenvalue weighted by Gasteiger charge is -2.14. The molecule has 2 rings (SSSR count). The molecule has 0 fully saturated rings. The Kier molecular flexibility index (Phi) is 5.74. The second-order valence-corrected chi connectivity index (χ2v) is 6.41. The van der Waals surface area contributed by atoms with Crippen molar-refractivity contribution in [2.24, 2.45) is 0 Å². The molecule has 2 aromatic rings. The fraction of sp³-hybridized carbons (Fsp3) is 0.188. The maximum absolute atomic E-state index is 12.2. The zero-order valence-corrected chi connectivity index (χ0v) is 15.0. The molecule has 0 unspecified atom stereocenters. The maximum Gasteiger partial charge on any atom is 0.323 e. The van der Waals surface area contributed by atoms with E-state index in [0.717, 1.165) is 20.6 Å². The van der Waals surface area contributed by atoms with Crippen LogP contribution in [0.5, 0.6) is 5.75 Å². The highest BCUT2D eigenvalue weighted by molar-refractivity contribution is 9.10. The molecule has 0 aliphatic rings. The highest BCUT2D eigenvalue weighted by atomic mass is 79.9. The summed E-state index contributed by atoms with van der Waals surface area (Å²) in [4.78, 5) is 13.3. The summed E-state index contributed by atoms with van der Waals surface area (Å²) >= 11 is 5.04. The van der Waals surface area contributed by atoms with Gasteiger partial charge >= 0.3 is 6.03 Å². The van der Waals surface area contributed by atoms with Gasteiger partial charge in [0.15, 0.2) is 0 Å². The Labute approximate surface area is 142 Å². The smallest absolute Gasteiger partial charge is 0.323 e. The van der Waals surface area contributed by atoms with Crippen molar-refractivity contribution in [1.29, 1.82) is 0 Å². The molecule has 2 amide bonds. The molecule has 0 aromatic heterocycles. The predicted octanol–water partition coefficient (Wildman–Crippen LogP) is 5.13. The molecule has 0 atom stereocenters. The van der Waals surface area contributed by atoms with Gasteiger partial charge in [0.05, 0.1) is 12.8 Å². The number of hydrogen-bond donors (Lipinski definition) is 2. The number of halogens is 1. The number of anilines is 2. The zero-order valence-electron chi connectivity index (χ0n) is 12.6. The molecule has 6 heteroatoms. The lowest BCUT2D eigenvalue weighted by atomic mass is 10.2. The minimum atomic E-state index is -0.304. The van der Waals surface area contributed by atoms with Crippen LogP contribution in [-0.4, -0.2) is 19.4 Å². The summed E-state index contributed by atoms with van der Waals surface area (Å²) in [5.41, 5.74) is 2.32. The van der Waals surface area contributed by atoms with Gasteiger partial charge in [-0.05, 0) is 49.1 Å². The van der Waals surface area contributed by atoms with Crippen LogP contribution in [0.15, 0.2) is 45.8 Å². The third-order valence-electron chi connectivity index (χ3n) is 3.05. The van der Waals surface area contributed by atoms with Gasteiger partial charge in [0, 0.05) is 15.1 Å². The summed E-state index contributed by atoms with van der Waals surface area (Å²) in [6.07, 6.45) is 2.00. The minimum absolute atomic E-state index is 0.304. The van der Waals surface area contributed by atoms with Crippen LogP contribution in [0.25, 0.3) is 0 Å².